The first kappa shape index (κ1) is 20.4. The van der Waals surface area contributed by atoms with E-state index in [0.29, 0.717) is 23.1 Å². The van der Waals surface area contributed by atoms with E-state index in [4.69, 9.17) is 27.2 Å². The number of hydrogen-bond donors (Lipinski definition) is 4. The summed E-state index contributed by atoms with van der Waals surface area (Å²) in [5, 5.41) is 14.8. The Labute approximate surface area is 172 Å². The molecular formula is C20H20ClN5O3. The number of halogens is 1. The molecule has 8 nitrogen and oxygen atoms in total. The fourth-order valence-electron chi connectivity index (χ4n) is 2.54. The molecule has 1 heterocycles. The molecule has 5 N–H and O–H groups in total. The summed E-state index contributed by atoms with van der Waals surface area (Å²) in [6, 6.07) is 14.9. The molecule has 0 saturated heterocycles. The van der Waals surface area contributed by atoms with Crippen molar-refractivity contribution in [3.8, 4) is 5.75 Å². The third-order valence-electron chi connectivity index (χ3n) is 3.93. The minimum absolute atomic E-state index is 0.0202. The van der Waals surface area contributed by atoms with Crippen molar-refractivity contribution in [2.45, 2.75) is 6.61 Å². The molecular weight excluding hydrogens is 394 g/mol. The van der Waals surface area contributed by atoms with Gasteiger partial charge in [0.25, 0.3) is 5.91 Å². The molecule has 9 heteroatoms. The highest BCUT2D eigenvalue weighted by molar-refractivity contribution is 6.32. The molecule has 0 spiro atoms. The molecule has 0 aliphatic carbocycles. The lowest BCUT2D eigenvalue weighted by molar-refractivity contribution is 0.0946. The van der Waals surface area contributed by atoms with Crippen LogP contribution in [0, 0.1) is 0 Å². The van der Waals surface area contributed by atoms with Crippen molar-refractivity contribution in [2.75, 3.05) is 24.2 Å². The van der Waals surface area contributed by atoms with Gasteiger partial charge in [-0.1, -0.05) is 41.9 Å². The number of aliphatic hydroxyl groups excluding tert-OH is 1. The second-order valence-corrected chi connectivity index (χ2v) is 6.41. The lowest BCUT2D eigenvalue weighted by Gasteiger charge is -2.14. The third kappa shape index (κ3) is 5.34. The molecule has 0 unspecified atom stereocenters. The summed E-state index contributed by atoms with van der Waals surface area (Å²) in [4.78, 5) is 20.3. The maximum Gasteiger partial charge on any atom is 0.258 e. The van der Waals surface area contributed by atoms with E-state index in [0.717, 1.165) is 5.56 Å². The number of nitrogen functional groups attached to an aromatic ring is 1. The molecule has 1 aromatic heterocycles. The molecule has 3 aromatic rings. The number of carbonyl (C=O) groups is 1. The summed E-state index contributed by atoms with van der Waals surface area (Å²) in [5.74, 6) is 0.284. The van der Waals surface area contributed by atoms with E-state index in [2.05, 4.69) is 20.6 Å². The molecule has 150 valence electrons. The topological polar surface area (TPSA) is 122 Å². The van der Waals surface area contributed by atoms with Crippen LogP contribution in [-0.4, -0.2) is 34.1 Å². The maximum absolute atomic E-state index is 12.3. The Kier molecular flexibility index (Phi) is 6.83. The van der Waals surface area contributed by atoms with Crippen molar-refractivity contribution in [3.05, 3.63) is 71.0 Å². The van der Waals surface area contributed by atoms with Crippen molar-refractivity contribution >= 4 is 34.8 Å². The number of amides is 1. The van der Waals surface area contributed by atoms with Gasteiger partial charge in [-0.3, -0.25) is 4.79 Å². The monoisotopic (exact) mass is 413 g/mol. The highest BCUT2D eigenvalue weighted by Crippen LogP contribution is 2.30. The fraction of sp³-hybridized carbons (Fsp3) is 0.150. The number of nitrogens with one attached hydrogen (secondary N) is 2. The number of benzene rings is 2. The highest BCUT2D eigenvalue weighted by Gasteiger charge is 2.18. The molecule has 0 saturated carbocycles. The molecule has 0 aliphatic heterocycles. The van der Waals surface area contributed by atoms with E-state index in [1.807, 2.05) is 30.3 Å². The van der Waals surface area contributed by atoms with Gasteiger partial charge < -0.3 is 26.2 Å². The van der Waals surface area contributed by atoms with Crippen LogP contribution in [0.4, 0.5) is 17.3 Å². The summed E-state index contributed by atoms with van der Waals surface area (Å²) in [6.45, 7) is 0.291. The van der Waals surface area contributed by atoms with Gasteiger partial charge in [0.1, 0.15) is 35.9 Å². The first-order chi connectivity index (χ1) is 14.1. The molecule has 29 heavy (non-hydrogen) atoms. The predicted molar refractivity (Wildman–Crippen MR) is 111 cm³/mol. The smallest absolute Gasteiger partial charge is 0.258 e. The number of ether oxygens (including phenoxy) is 1. The summed E-state index contributed by atoms with van der Waals surface area (Å²) in [6.07, 6.45) is 1.25. The lowest BCUT2D eigenvalue weighted by Crippen LogP contribution is -2.28. The van der Waals surface area contributed by atoms with Crippen molar-refractivity contribution < 1.29 is 14.6 Å². The van der Waals surface area contributed by atoms with E-state index >= 15 is 0 Å². The molecule has 1 amide bonds. The maximum atomic E-state index is 12.3. The Morgan fingerprint density at radius 1 is 1.17 bits per heavy atom. The van der Waals surface area contributed by atoms with Crippen LogP contribution in [0.25, 0.3) is 0 Å². The van der Waals surface area contributed by atoms with Crippen LogP contribution in [-0.2, 0) is 6.61 Å². The summed E-state index contributed by atoms with van der Waals surface area (Å²) < 4.78 is 5.76. The van der Waals surface area contributed by atoms with Crippen LogP contribution >= 0.6 is 11.6 Å². The Hall–Kier alpha value is -3.36. The zero-order chi connectivity index (χ0) is 20.6. The van der Waals surface area contributed by atoms with Crippen LogP contribution in [0.5, 0.6) is 5.75 Å². The first-order valence-corrected chi connectivity index (χ1v) is 9.19. The number of rotatable bonds is 8. The van der Waals surface area contributed by atoms with E-state index in [1.165, 1.54) is 6.33 Å². The number of anilines is 3. The molecule has 0 aliphatic rings. The first-order valence-electron chi connectivity index (χ1n) is 8.81. The average molecular weight is 414 g/mol. The van der Waals surface area contributed by atoms with Gasteiger partial charge >= 0.3 is 0 Å². The lowest BCUT2D eigenvalue weighted by atomic mass is 10.2. The highest BCUT2D eigenvalue weighted by atomic mass is 35.5. The molecule has 0 bridgehead atoms. The average Bonchev–Trinajstić information content (AvgIpc) is 2.72. The minimum atomic E-state index is -0.492. The number of nitrogens with zero attached hydrogens (tertiary/aromatic N) is 2. The van der Waals surface area contributed by atoms with Crippen LogP contribution < -0.4 is 21.1 Å². The Bertz CT molecular complexity index is 985. The fourth-order valence-corrected chi connectivity index (χ4v) is 2.78. The normalized spacial score (nSPS) is 10.4. The summed E-state index contributed by atoms with van der Waals surface area (Å²) in [5.41, 5.74) is 7.54. The van der Waals surface area contributed by atoms with Crippen molar-refractivity contribution in [1.29, 1.82) is 0 Å². The predicted octanol–water partition coefficient (Wildman–Crippen LogP) is 2.76. The van der Waals surface area contributed by atoms with Gasteiger partial charge in [-0.05, 0) is 23.8 Å². The number of nitrogens with two attached hydrogens (primary N) is 1. The van der Waals surface area contributed by atoms with Crippen LogP contribution in [0.15, 0.2) is 54.9 Å². The molecule has 3 rings (SSSR count). The second kappa shape index (κ2) is 9.72. The quantitative estimate of drug-likeness (QED) is 0.447. The SMILES string of the molecule is Nc1ncnc(Nc2ccc(OCc3ccccc3)c(Cl)c2)c1C(=O)NCCO. The number of aliphatic hydroxyl groups is 1. The van der Waals surface area contributed by atoms with E-state index < -0.39 is 5.91 Å². The third-order valence-corrected chi connectivity index (χ3v) is 4.23. The van der Waals surface area contributed by atoms with Crippen LogP contribution in [0.2, 0.25) is 5.02 Å². The molecule has 0 atom stereocenters. The summed E-state index contributed by atoms with van der Waals surface area (Å²) >= 11 is 6.33. The van der Waals surface area contributed by atoms with Crippen LogP contribution in [0.3, 0.4) is 0 Å². The standard InChI is InChI=1S/C20H20ClN5O3/c21-15-10-14(6-7-16(15)29-11-13-4-2-1-3-5-13)26-19-17(18(22)24-12-25-19)20(28)23-8-9-27/h1-7,10,12,27H,8-9,11H2,(H,23,28)(H3,22,24,25,26). The van der Waals surface area contributed by atoms with E-state index in [-0.39, 0.29) is 30.4 Å². The number of carbonyl (C=O) groups excluding carboxylic acids is 1. The van der Waals surface area contributed by atoms with E-state index in [9.17, 15) is 4.79 Å². The zero-order valence-electron chi connectivity index (χ0n) is 15.4. The van der Waals surface area contributed by atoms with Crippen molar-refractivity contribution in [3.63, 3.8) is 0 Å². The zero-order valence-corrected chi connectivity index (χ0v) is 16.2. The van der Waals surface area contributed by atoms with Crippen molar-refractivity contribution in [1.82, 2.24) is 15.3 Å². The minimum Gasteiger partial charge on any atom is -0.487 e. The van der Waals surface area contributed by atoms with Crippen molar-refractivity contribution in [2.24, 2.45) is 0 Å². The van der Waals surface area contributed by atoms with Gasteiger partial charge in [-0.25, -0.2) is 9.97 Å². The Balaban J connectivity index is 1.75. The van der Waals surface area contributed by atoms with Gasteiger partial charge in [0.15, 0.2) is 0 Å². The molecule has 0 fully saturated rings. The number of hydrogen-bond acceptors (Lipinski definition) is 7. The molecule has 0 radical (unpaired) electrons. The summed E-state index contributed by atoms with van der Waals surface area (Å²) in [7, 11) is 0. The molecule has 2 aromatic carbocycles. The largest absolute Gasteiger partial charge is 0.487 e. The number of aromatic nitrogens is 2. The van der Waals surface area contributed by atoms with Gasteiger partial charge in [-0.2, -0.15) is 0 Å². The Morgan fingerprint density at radius 2 is 1.97 bits per heavy atom. The van der Waals surface area contributed by atoms with Gasteiger partial charge in [0.2, 0.25) is 0 Å². The van der Waals surface area contributed by atoms with Crippen LogP contribution in [0.1, 0.15) is 15.9 Å². The van der Waals surface area contributed by atoms with Gasteiger partial charge in [-0.15, -0.1) is 0 Å². The Morgan fingerprint density at radius 3 is 2.69 bits per heavy atom. The van der Waals surface area contributed by atoms with Gasteiger partial charge in [0.05, 0.1) is 11.6 Å². The second-order valence-electron chi connectivity index (χ2n) is 6.01. The van der Waals surface area contributed by atoms with Gasteiger partial charge in [0, 0.05) is 12.2 Å². The van der Waals surface area contributed by atoms with E-state index in [1.54, 1.807) is 18.2 Å².